The van der Waals surface area contributed by atoms with Gasteiger partial charge in [-0.1, -0.05) is 0 Å². The van der Waals surface area contributed by atoms with E-state index in [4.69, 9.17) is 0 Å². The van der Waals surface area contributed by atoms with Crippen LogP contribution in [0.4, 0.5) is 5.82 Å². The minimum atomic E-state index is 0.0938. The number of aryl methyl sites for hydroxylation is 2. The number of carbonyl (C=O) groups is 1. The van der Waals surface area contributed by atoms with Crippen LogP contribution < -0.4 is 4.90 Å². The molecule has 0 aromatic carbocycles. The summed E-state index contributed by atoms with van der Waals surface area (Å²) in [6.07, 6.45) is 0. The number of hydrogen-bond donors (Lipinski definition) is 0. The molecular formula is C18H19BrN6OS. The van der Waals surface area contributed by atoms with Crippen molar-refractivity contribution in [1.29, 1.82) is 0 Å². The molecule has 7 nitrogen and oxygen atoms in total. The Kier molecular flexibility index (Phi) is 4.96. The molecule has 1 fully saturated rings. The molecule has 0 N–H and O–H groups in total. The maximum absolute atomic E-state index is 12.6. The first-order valence-electron chi connectivity index (χ1n) is 8.67. The molecule has 27 heavy (non-hydrogen) atoms. The lowest BCUT2D eigenvalue weighted by Gasteiger charge is -2.35. The van der Waals surface area contributed by atoms with Gasteiger partial charge in [0.05, 0.1) is 10.6 Å². The summed E-state index contributed by atoms with van der Waals surface area (Å²) in [7, 11) is 0. The highest BCUT2D eigenvalue weighted by Gasteiger charge is 2.24. The van der Waals surface area contributed by atoms with Crippen molar-refractivity contribution in [2.75, 3.05) is 31.1 Å². The van der Waals surface area contributed by atoms with Gasteiger partial charge < -0.3 is 9.80 Å². The molecule has 3 aromatic heterocycles. The predicted octanol–water partition coefficient (Wildman–Crippen LogP) is 3.07. The van der Waals surface area contributed by atoms with Crippen molar-refractivity contribution in [1.82, 2.24) is 24.9 Å². The van der Waals surface area contributed by atoms with Crippen molar-refractivity contribution in [3.63, 3.8) is 0 Å². The van der Waals surface area contributed by atoms with Gasteiger partial charge in [0.15, 0.2) is 11.6 Å². The van der Waals surface area contributed by atoms with Crippen molar-refractivity contribution in [3.05, 3.63) is 50.4 Å². The van der Waals surface area contributed by atoms with Crippen molar-refractivity contribution >= 4 is 39.0 Å². The van der Waals surface area contributed by atoms with Crippen LogP contribution in [0.5, 0.6) is 0 Å². The molecule has 0 unspecified atom stereocenters. The zero-order valence-electron chi connectivity index (χ0n) is 15.1. The van der Waals surface area contributed by atoms with Gasteiger partial charge in [0, 0.05) is 41.7 Å². The fraction of sp³-hybridized carbons (Fsp3) is 0.333. The minimum Gasteiger partial charge on any atom is -0.352 e. The second-order valence-corrected chi connectivity index (χ2v) is 8.32. The summed E-state index contributed by atoms with van der Waals surface area (Å²) in [5.41, 5.74) is 1.99. The average molecular weight is 447 g/mol. The minimum absolute atomic E-state index is 0.0938. The van der Waals surface area contributed by atoms with E-state index in [2.05, 4.69) is 36.1 Å². The van der Waals surface area contributed by atoms with E-state index in [1.807, 2.05) is 48.4 Å². The van der Waals surface area contributed by atoms with Gasteiger partial charge >= 0.3 is 0 Å². The number of thiophene rings is 1. The molecule has 0 saturated carbocycles. The number of hydrogen-bond acceptors (Lipinski definition) is 6. The zero-order chi connectivity index (χ0) is 19.0. The first kappa shape index (κ1) is 18.1. The molecule has 140 valence electrons. The molecule has 0 atom stereocenters. The van der Waals surface area contributed by atoms with Crippen LogP contribution in [0.3, 0.4) is 0 Å². The highest BCUT2D eigenvalue weighted by molar-refractivity contribution is 9.10. The molecule has 0 aliphatic carbocycles. The summed E-state index contributed by atoms with van der Waals surface area (Å²) in [5, 5.41) is 15.1. The van der Waals surface area contributed by atoms with Crippen molar-refractivity contribution in [3.8, 4) is 5.82 Å². The van der Waals surface area contributed by atoms with E-state index in [9.17, 15) is 4.79 Å². The third-order valence-corrected chi connectivity index (χ3v) is 6.21. The van der Waals surface area contributed by atoms with Crippen molar-refractivity contribution < 1.29 is 4.79 Å². The van der Waals surface area contributed by atoms with Crippen LogP contribution in [0, 0.1) is 13.8 Å². The first-order valence-corrected chi connectivity index (χ1v) is 10.3. The smallest absolute Gasteiger partial charge is 0.264 e. The maximum Gasteiger partial charge on any atom is 0.264 e. The molecule has 0 radical (unpaired) electrons. The average Bonchev–Trinajstić information content (AvgIpc) is 3.26. The summed E-state index contributed by atoms with van der Waals surface area (Å²) in [6.45, 7) is 6.79. The summed E-state index contributed by atoms with van der Waals surface area (Å²) in [6, 6.07) is 7.79. The molecule has 9 heteroatoms. The Balaban J connectivity index is 1.41. The van der Waals surface area contributed by atoms with Crippen LogP contribution in [-0.2, 0) is 0 Å². The molecule has 1 amide bonds. The number of aromatic nitrogens is 4. The fourth-order valence-corrected chi connectivity index (χ4v) is 4.57. The summed E-state index contributed by atoms with van der Waals surface area (Å²) in [4.78, 5) is 17.4. The zero-order valence-corrected chi connectivity index (χ0v) is 17.5. The lowest BCUT2D eigenvalue weighted by molar-refractivity contribution is 0.0751. The lowest BCUT2D eigenvalue weighted by atomic mass is 10.3. The summed E-state index contributed by atoms with van der Waals surface area (Å²) >= 11 is 4.87. The van der Waals surface area contributed by atoms with Crippen LogP contribution >= 0.6 is 27.3 Å². The molecule has 0 spiro atoms. The summed E-state index contributed by atoms with van der Waals surface area (Å²) < 4.78 is 2.74. The van der Waals surface area contributed by atoms with E-state index in [0.717, 1.165) is 39.6 Å². The normalized spacial score (nSPS) is 14.6. The quantitative estimate of drug-likeness (QED) is 0.618. The molecule has 1 aliphatic heterocycles. The Hall–Kier alpha value is -2.26. The maximum atomic E-state index is 12.6. The second kappa shape index (κ2) is 7.40. The third kappa shape index (κ3) is 3.74. The van der Waals surface area contributed by atoms with E-state index in [1.165, 1.54) is 11.3 Å². The number of rotatable bonds is 3. The topological polar surface area (TPSA) is 67.2 Å². The Morgan fingerprint density at radius 2 is 1.78 bits per heavy atom. The standard InChI is InChI=1S/C18H19BrN6OS/c1-12-9-13(2)25(22-12)17-4-3-16(20-21-17)23-5-7-24(8-6-23)18(26)15-10-14(19)11-27-15/h3-4,9-11H,5-8H2,1-2H3. The SMILES string of the molecule is Cc1cc(C)n(-c2ccc(N3CCN(C(=O)c4cc(Br)cs4)CC3)nn2)n1. The number of nitrogens with zero attached hydrogens (tertiary/aromatic N) is 6. The van der Waals surface area contributed by atoms with Crippen LogP contribution in [0.2, 0.25) is 0 Å². The number of carbonyl (C=O) groups excluding carboxylic acids is 1. The Morgan fingerprint density at radius 3 is 2.33 bits per heavy atom. The van der Waals surface area contributed by atoms with Crippen LogP contribution in [-0.4, -0.2) is 57.0 Å². The number of anilines is 1. The molecule has 4 heterocycles. The number of piperazine rings is 1. The third-order valence-electron chi connectivity index (χ3n) is 4.53. The van der Waals surface area contributed by atoms with E-state index >= 15 is 0 Å². The Bertz CT molecular complexity index is 959. The molecule has 1 saturated heterocycles. The Labute approximate surface area is 169 Å². The molecule has 0 bridgehead atoms. The highest BCUT2D eigenvalue weighted by Crippen LogP contribution is 2.22. The summed E-state index contributed by atoms with van der Waals surface area (Å²) in [5.74, 6) is 1.63. The van der Waals surface area contributed by atoms with E-state index in [0.29, 0.717) is 18.9 Å². The van der Waals surface area contributed by atoms with E-state index < -0.39 is 0 Å². The van der Waals surface area contributed by atoms with Gasteiger partial charge in [-0.25, -0.2) is 4.68 Å². The van der Waals surface area contributed by atoms with Gasteiger partial charge in [0.1, 0.15) is 0 Å². The lowest BCUT2D eigenvalue weighted by Crippen LogP contribution is -2.49. The van der Waals surface area contributed by atoms with E-state index in [1.54, 1.807) is 4.68 Å². The predicted molar refractivity (Wildman–Crippen MR) is 109 cm³/mol. The molecule has 1 aliphatic rings. The van der Waals surface area contributed by atoms with Gasteiger partial charge in [-0.05, 0) is 54.0 Å². The molecular weight excluding hydrogens is 428 g/mol. The second-order valence-electron chi connectivity index (χ2n) is 6.50. The molecule has 4 rings (SSSR count). The van der Waals surface area contributed by atoms with Crippen molar-refractivity contribution in [2.45, 2.75) is 13.8 Å². The fourth-order valence-electron chi connectivity index (χ4n) is 3.18. The van der Waals surface area contributed by atoms with Gasteiger partial charge in [-0.15, -0.1) is 21.5 Å². The van der Waals surface area contributed by atoms with Gasteiger partial charge in [-0.3, -0.25) is 4.79 Å². The highest BCUT2D eigenvalue weighted by atomic mass is 79.9. The van der Waals surface area contributed by atoms with Crippen molar-refractivity contribution in [2.24, 2.45) is 0 Å². The number of amides is 1. The Morgan fingerprint density at radius 1 is 1.07 bits per heavy atom. The van der Waals surface area contributed by atoms with Crippen LogP contribution in [0.25, 0.3) is 5.82 Å². The molecule has 3 aromatic rings. The largest absolute Gasteiger partial charge is 0.352 e. The first-order chi connectivity index (χ1) is 13.0. The van der Waals surface area contributed by atoms with Gasteiger partial charge in [0.2, 0.25) is 0 Å². The van der Waals surface area contributed by atoms with Gasteiger partial charge in [0.25, 0.3) is 5.91 Å². The van der Waals surface area contributed by atoms with Crippen LogP contribution in [0.15, 0.2) is 34.1 Å². The number of halogens is 1. The van der Waals surface area contributed by atoms with Gasteiger partial charge in [-0.2, -0.15) is 5.10 Å². The van der Waals surface area contributed by atoms with Crippen LogP contribution in [0.1, 0.15) is 21.1 Å². The monoisotopic (exact) mass is 446 g/mol. The van der Waals surface area contributed by atoms with E-state index in [-0.39, 0.29) is 5.91 Å².